The van der Waals surface area contributed by atoms with E-state index in [1.54, 1.807) is 20.8 Å². The minimum Gasteiger partial charge on any atom is -2.00 e. The SMILES string of the molecule is CC(C)(C)O[C-]=O.[O-2].[Zn+2]. The second-order valence-electron chi connectivity index (χ2n) is 2.30. The third kappa shape index (κ3) is 18.0. The van der Waals surface area contributed by atoms with Crippen molar-refractivity contribution in [2.45, 2.75) is 26.4 Å². The van der Waals surface area contributed by atoms with Gasteiger partial charge in [-0.15, -0.1) is 0 Å². The maximum Gasteiger partial charge on any atom is 2.00 e. The van der Waals surface area contributed by atoms with Crippen molar-refractivity contribution in [1.82, 2.24) is 0 Å². The van der Waals surface area contributed by atoms with Crippen molar-refractivity contribution in [2.24, 2.45) is 0 Å². The molecule has 0 unspecified atom stereocenters. The summed E-state index contributed by atoms with van der Waals surface area (Å²) in [5, 5.41) is 0. The summed E-state index contributed by atoms with van der Waals surface area (Å²) in [4.78, 5) is 9.47. The van der Waals surface area contributed by atoms with Crippen LogP contribution in [0.4, 0.5) is 0 Å². The van der Waals surface area contributed by atoms with Crippen LogP contribution in [0.3, 0.4) is 0 Å². The van der Waals surface area contributed by atoms with Crippen molar-refractivity contribution in [3.63, 3.8) is 0 Å². The molecule has 0 fully saturated rings. The van der Waals surface area contributed by atoms with E-state index >= 15 is 0 Å². The Balaban J connectivity index is -0.000000180. The maximum atomic E-state index is 9.47. The zero-order valence-electron chi connectivity index (χ0n) is 5.93. The average molecular weight is 183 g/mol. The molecular formula is C5H9O3Zn-. The first-order chi connectivity index (χ1) is 3.06. The number of carbonyl (C=O) groups excluding carboxylic acids is 1. The van der Waals surface area contributed by atoms with E-state index in [1.165, 1.54) is 6.47 Å². The Hall–Kier alpha value is 0.0534. The van der Waals surface area contributed by atoms with Gasteiger partial charge in [-0.05, 0) is 20.8 Å². The topological polar surface area (TPSA) is 54.8 Å². The molecule has 0 amide bonds. The molecule has 0 spiro atoms. The molecule has 0 aromatic carbocycles. The van der Waals surface area contributed by atoms with Crippen molar-refractivity contribution >= 4 is 6.47 Å². The van der Waals surface area contributed by atoms with E-state index in [9.17, 15) is 4.79 Å². The Morgan fingerprint density at radius 2 is 1.67 bits per heavy atom. The number of hydrogen-bond donors (Lipinski definition) is 0. The van der Waals surface area contributed by atoms with Crippen molar-refractivity contribution in [3.8, 4) is 0 Å². The summed E-state index contributed by atoms with van der Waals surface area (Å²) in [5.41, 5.74) is -0.373. The van der Waals surface area contributed by atoms with E-state index in [-0.39, 0.29) is 30.6 Å². The number of hydrogen-bond acceptors (Lipinski definition) is 2. The minimum absolute atomic E-state index is 0. The molecular weight excluding hydrogens is 173 g/mol. The fourth-order valence-electron chi connectivity index (χ4n) is 0.125. The summed E-state index contributed by atoms with van der Waals surface area (Å²) >= 11 is 0. The summed E-state index contributed by atoms with van der Waals surface area (Å²) in [6.07, 6.45) is 0. The Morgan fingerprint density at radius 3 is 1.67 bits per heavy atom. The van der Waals surface area contributed by atoms with Crippen molar-refractivity contribution in [1.29, 1.82) is 0 Å². The van der Waals surface area contributed by atoms with Crippen LogP contribution >= 0.6 is 0 Å². The van der Waals surface area contributed by atoms with Crippen LogP contribution in [-0.2, 0) is 34.5 Å². The van der Waals surface area contributed by atoms with Gasteiger partial charge >= 0.3 is 19.5 Å². The zero-order chi connectivity index (χ0) is 5.91. The molecule has 0 N–H and O–H groups in total. The predicted octanol–water partition coefficient (Wildman–Crippen LogP) is 0.747. The van der Waals surface area contributed by atoms with Crippen molar-refractivity contribution in [3.05, 3.63) is 0 Å². The summed E-state index contributed by atoms with van der Waals surface area (Å²) in [7, 11) is 0. The molecule has 0 aliphatic carbocycles. The summed E-state index contributed by atoms with van der Waals surface area (Å²) < 4.78 is 4.42. The first-order valence-corrected chi connectivity index (χ1v) is 2.11. The summed E-state index contributed by atoms with van der Waals surface area (Å²) in [6, 6.07) is 0. The van der Waals surface area contributed by atoms with Gasteiger partial charge in [0.05, 0.1) is 5.60 Å². The first-order valence-electron chi connectivity index (χ1n) is 2.11. The largest absolute Gasteiger partial charge is 2.00 e. The monoisotopic (exact) mass is 181 g/mol. The van der Waals surface area contributed by atoms with Gasteiger partial charge in [-0.25, -0.2) is 0 Å². The molecule has 0 aromatic heterocycles. The summed E-state index contributed by atoms with van der Waals surface area (Å²) in [6.45, 7) is 6.73. The quantitative estimate of drug-likeness (QED) is 0.444. The van der Waals surface area contributed by atoms with E-state index in [0.717, 1.165) is 0 Å². The van der Waals surface area contributed by atoms with Crippen LogP contribution in [0.15, 0.2) is 0 Å². The van der Waals surface area contributed by atoms with Gasteiger partial charge in [0.25, 0.3) is 0 Å². The van der Waals surface area contributed by atoms with Gasteiger partial charge in [-0.2, -0.15) is 0 Å². The molecule has 0 bridgehead atoms. The van der Waals surface area contributed by atoms with Gasteiger partial charge < -0.3 is 15.0 Å². The molecule has 0 radical (unpaired) electrons. The third-order valence-corrected chi connectivity index (χ3v) is 0.348. The van der Waals surface area contributed by atoms with Gasteiger partial charge in [0.2, 0.25) is 0 Å². The van der Waals surface area contributed by atoms with Gasteiger partial charge in [0, 0.05) is 0 Å². The first kappa shape index (κ1) is 16.0. The van der Waals surface area contributed by atoms with Crippen LogP contribution in [0.25, 0.3) is 0 Å². The molecule has 0 aliphatic heterocycles. The maximum absolute atomic E-state index is 9.47. The standard InChI is InChI=1S/C5H9O2.O.Zn/c1-5(2,3)7-4-6;;/h1-3H3;;/q-1;-2;+2. The third-order valence-electron chi connectivity index (χ3n) is 0.348. The van der Waals surface area contributed by atoms with E-state index in [4.69, 9.17) is 0 Å². The van der Waals surface area contributed by atoms with Gasteiger partial charge in [-0.1, -0.05) is 6.47 Å². The van der Waals surface area contributed by atoms with Crippen molar-refractivity contribution < 1.29 is 34.5 Å². The molecule has 9 heavy (non-hydrogen) atoms. The van der Waals surface area contributed by atoms with Crippen LogP contribution in [0.1, 0.15) is 20.8 Å². The normalized spacial score (nSPS) is 8.33. The molecule has 0 aromatic rings. The van der Waals surface area contributed by atoms with Crippen LogP contribution in [0, 0.1) is 0 Å². The van der Waals surface area contributed by atoms with Gasteiger partial charge in [0.15, 0.2) is 0 Å². The van der Waals surface area contributed by atoms with E-state index in [2.05, 4.69) is 4.74 Å². The van der Waals surface area contributed by atoms with Crippen LogP contribution < -0.4 is 0 Å². The minimum atomic E-state index is -0.373. The van der Waals surface area contributed by atoms with E-state index in [1.807, 2.05) is 0 Å². The smallest absolute Gasteiger partial charge is 2.00 e. The Labute approximate surface area is 67.8 Å². The molecule has 0 rings (SSSR count). The molecule has 0 saturated carbocycles. The molecule has 0 atom stereocenters. The Morgan fingerprint density at radius 1 is 1.33 bits per heavy atom. The molecule has 0 heterocycles. The average Bonchev–Trinajstić information content (AvgIpc) is 1.30. The zero-order valence-corrected chi connectivity index (χ0v) is 8.90. The van der Waals surface area contributed by atoms with E-state index in [0.29, 0.717) is 0 Å². The molecule has 4 heteroatoms. The van der Waals surface area contributed by atoms with Crippen molar-refractivity contribution in [2.75, 3.05) is 0 Å². The molecule has 0 aliphatic rings. The number of rotatable bonds is 1. The Bertz CT molecular complexity index is 67.1. The molecule has 3 nitrogen and oxygen atoms in total. The molecule has 0 saturated heterocycles. The van der Waals surface area contributed by atoms with Crippen LogP contribution in [0.2, 0.25) is 0 Å². The van der Waals surface area contributed by atoms with Gasteiger partial charge in [-0.3, -0.25) is 0 Å². The van der Waals surface area contributed by atoms with Gasteiger partial charge in [0.1, 0.15) is 0 Å². The second-order valence-corrected chi connectivity index (χ2v) is 2.30. The van der Waals surface area contributed by atoms with E-state index < -0.39 is 0 Å². The second kappa shape index (κ2) is 6.18. The summed E-state index contributed by atoms with van der Waals surface area (Å²) in [5.74, 6) is 0. The fourth-order valence-corrected chi connectivity index (χ4v) is 0.125. The van der Waals surface area contributed by atoms with Crippen LogP contribution in [-0.4, -0.2) is 12.1 Å². The van der Waals surface area contributed by atoms with Crippen LogP contribution in [0.5, 0.6) is 0 Å². The Kier molecular flexibility index (Phi) is 11.0. The predicted molar refractivity (Wildman–Crippen MR) is 27.2 cm³/mol. The fraction of sp³-hybridized carbons (Fsp3) is 0.800. The molecule has 50 valence electrons. The number of ether oxygens (including phenoxy) is 1.